The minimum Gasteiger partial charge on any atom is -0.308 e. The molecule has 0 bridgehead atoms. The van der Waals surface area contributed by atoms with Gasteiger partial charge < -0.3 is 5.32 Å². The summed E-state index contributed by atoms with van der Waals surface area (Å²) in [7, 11) is 0. The molecule has 2 aromatic rings. The van der Waals surface area contributed by atoms with Crippen LogP contribution < -0.4 is 5.32 Å². The molecule has 1 N–H and O–H groups in total. The lowest BCUT2D eigenvalue weighted by molar-refractivity contribution is 0.618. The largest absolute Gasteiger partial charge is 0.308 e. The first-order chi connectivity index (χ1) is 9.22. The summed E-state index contributed by atoms with van der Waals surface area (Å²) in [6.45, 7) is 1.66. The number of thiophene rings is 1. The number of aryl methyl sites for hydroxylation is 2. The van der Waals surface area contributed by atoms with Crippen molar-refractivity contribution in [3.63, 3.8) is 0 Å². The summed E-state index contributed by atoms with van der Waals surface area (Å²) >= 11 is 5.14. The molecule has 100 valence electrons. The van der Waals surface area contributed by atoms with Gasteiger partial charge in [-0.15, -0.1) is 11.3 Å². The number of hydrogen-bond donors (Lipinski definition) is 1. The Bertz CT molecular complexity index is 572. The van der Waals surface area contributed by atoms with Gasteiger partial charge in [0, 0.05) is 22.8 Å². The van der Waals surface area contributed by atoms with Crippen molar-refractivity contribution in [2.45, 2.75) is 32.4 Å². The van der Waals surface area contributed by atoms with Crippen molar-refractivity contribution in [1.29, 1.82) is 0 Å². The van der Waals surface area contributed by atoms with E-state index in [1.54, 1.807) is 10.4 Å². The van der Waals surface area contributed by atoms with Gasteiger partial charge in [0.2, 0.25) is 0 Å². The van der Waals surface area contributed by atoms with Gasteiger partial charge in [-0.05, 0) is 64.5 Å². The van der Waals surface area contributed by atoms with Crippen LogP contribution in [0, 0.1) is 5.82 Å². The van der Waals surface area contributed by atoms with Gasteiger partial charge in [0.1, 0.15) is 5.82 Å². The first-order valence-corrected chi connectivity index (χ1v) is 8.08. The van der Waals surface area contributed by atoms with E-state index in [1.165, 1.54) is 30.2 Å². The first-order valence-electron chi connectivity index (χ1n) is 6.47. The topological polar surface area (TPSA) is 12.0 Å². The zero-order valence-corrected chi connectivity index (χ0v) is 12.9. The highest BCUT2D eigenvalue weighted by Gasteiger charge is 2.14. The molecule has 1 aromatic carbocycles. The van der Waals surface area contributed by atoms with E-state index in [1.807, 2.05) is 23.5 Å². The Kier molecular flexibility index (Phi) is 4.01. The van der Waals surface area contributed by atoms with Crippen LogP contribution in [0.15, 0.2) is 28.7 Å². The van der Waals surface area contributed by atoms with Crippen molar-refractivity contribution >= 4 is 27.3 Å². The Hall–Kier alpha value is -0.710. The van der Waals surface area contributed by atoms with Crippen molar-refractivity contribution in [2.75, 3.05) is 0 Å². The van der Waals surface area contributed by atoms with Gasteiger partial charge in [-0.25, -0.2) is 4.39 Å². The summed E-state index contributed by atoms with van der Waals surface area (Å²) < 4.78 is 13.6. The molecule has 1 aliphatic carbocycles. The van der Waals surface area contributed by atoms with Crippen LogP contribution in [0.5, 0.6) is 0 Å². The fraction of sp³-hybridized carbons (Fsp3) is 0.333. The molecule has 0 radical (unpaired) electrons. The molecule has 0 unspecified atom stereocenters. The molecule has 4 heteroatoms. The molecule has 0 saturated carbocycles. The van der Waals surface area contributed by atoms with Crippen molar-refractivity contribution in [3.05, 3.63) is 55.4 Å². The lowest BCUT2D eigenvalue weighted by Crippen LogP contribution is -2.11. The van der Waals surface area contributed by atoms with E-state index in [0.29, 0.717) is 4.47 Å². The van der Waals surface area contributed by atoms with Gasteiger partial charge in [-0.1, -0.05) is 6.07 Å². The lowest BCUT2D eigenvalue weighted by Gasteiger charge is -2.04. The number of rotatable bonds is 4. The van der Waals surface area contributed by atoms with Crippen LogP contribution in [0.25, 0.3) is 0 Å². The van der Waals surface area contributed by atoms with Gasteiger partial charge in [-0.2, -0.15) is 0 Å². The SMILES string of the molecule is Fc1ccc(CNCc2cc3c(s2)CCC3)cc1Br. The van der Waals surface area contributed by atoms with E-state index >= 15 is 0 Å². The van der Waals surface area contributed by atoms with E-state index in [-0.39, 0.29) is 5.82 Å². The maximum absolute atomic E-state index is 13.1. The Morgan fingerprint density at radius 2 is 2.11 bits per heavy atom. The van der Waals surface area contributed by atoms with Gasteiger partial charge in [0.05, 0.1) is 4.47 Å². The van der Waals surface area contributed by atoms with Crippen molar-refractivity contribution in [2.24, 2.45) is 0 Å². The van der Waals surface area contributed by atoms with Gasteiger partial charge in [0.25, 0.3) is 0 Å². The van der Waals surface area contributed by atoms with E-state index in [4.69, 9.17) is 0 Å². The Balaban J connectivity index is 1.56. The second kappa shape index (κ2) is 5.73. The third-order valence-corrected chi connectivity index (χ3v) is 5.25. The predicted molar refractivity (Wildman–Crippen MR) is 81.0 cm³/mol. The maximum Gasteiger partial charge on any atom is 0.137 e. The van der Waals surface area contributed by atoms with Crippen LogP contribution in [0.2, 0.25) is 0 Å². The van der Waals surface area contributed by atoms with Crippen molar-refractivity contribution in [1.82, 2.24) is 5.32 Å². The third-order valence-electron chi connectivity index (χ3n) is 3.41. The van der Waals surface area contributed by atoms with Crippen LogP contribution in [0.4, 0.5) is 4.39 Å². The van der Waals surface area contributed by atoms with Gasteiger partial charge in [0.15, 0.2) is 0 Å². The monoisotopic (exact) mass is 339 g/mol. The highest BCUT2D eigenvalue weighted by atomic mass is 79.9. The fourth-order valence-corrected chi connectivity index (χ4v) is 4.11. The number of fused-ring (bicyclic) bond motifs is 1. The Labute approximate surface area is 125 Å². The molecular weight excluding hydrogens is 325 g/mol. The third kappa shape index (κ3) is 3.07. The number of hydrogen-bond acceptors (Lipinski definition) is 2. The smallest absolute Gasteiger partial charge is 0.137 e. The first kappa shape index (κ1) is 13.3. The second-order valence-corrected chi connectivity index (χ2v) is 6.94. The highest BCUT2D eigenvalue weighted by molar-refractivity contribution is 9.10. The zero-order valence-electron chi connectivity index (χ0n) is 10.5. The molecule has 0 aliphatic heterocycles. The van der Waals surface area contributed by atoms with Crippen molar-refractivity contribution in [3.8, 4) is 0 Å². The predicted octanol–water partition coefficient (Wildman–Crippen LogP) is 4.43. The van der Waals surface area contributed by atoms with E-state index in [0.717, 1.165) is 18.7 Å². The van der Waals surface area contributed by atoms with E-state index < -0.39 is 0 Å². The molecule has 1 heterocycles. The summed E-state index contributed by atoms with van der Waals surface area (Å²) in [5.74, 6) is -0.210. The molecule has 0 amide bonds. The minimum atomic E-state index is -0.210. The highest BCUT2D eigenvalue weighted by Crippen LogP contribution is 2.30. The van der Waals surface area contributed by atoms with Crippen LogP contribution in [0.3, 0.4) is 0 Å². The standard InChI is InChI=1S/C15H15BrFNS/c16-13-6-10(4-5-14(13)17)8-18-9-12-7-11-2-1-3-15(11)19-12/h4-7,18H,1-3,8-9H2. The number of nitrogens with one attached hydrogen (secondary N) is 1. The Morgan fingerprint density at radius 1 is 1.21 bits per heavy atom. The molecule has 0 fully saturated rings. The minimum absolute atomic E-state index is 0.210. The molecule has 0 saturated heterocycles. The number of benzene rings is 1. The summed E-state index contributed by atoms with van der Waals surface area (Å²) in [5, 5.41) is 3.42. The average molecular weight is 340 g/mol. The number of halogens is 2. The molecule has 0 atom stereocenters. The van der Waals surface area contributed by atoms with Crippen molar-refractivity contribution < 1.29 is 4.39 Å². The molecule has 3 rings (SSSR count). The summed E-state index contributed by atoms with van der Waals surface area (Å²) in [6, 6.07) is 7.49. The molecule has 1 aromatic heterocycles. The van der Waals surface area contributed by atoms with E-state index in [2.05, 4.69) is 27.3 Å². The zero-order chi connectivity index (χ0) is 13.2. The maximum atomic E-state index is 13.1. The molecule has 19 heavy (non-hydrogen) atoms. The lowest BCUT2D eigenvalue weighted by atomic mass is 10.2. The Morgan fingerprint density at radius 3 is 2.89 bits per heavy atom. The quantitative estimate of drug-likeness (QED) is 0.868. The summed E-state index contributed by atoms with van der Waals surface area (Å²) in [4.78, 5) is 2.98. The molecular formula is C15H15BrFNS. The molecule has 1 aliphatic rings. The van der Waals surface area contributed by atoms with Crippen LogP contribution in [-0.4, -0.2) is 0 Å². The van der Waals surface area contributed by atoms with Crippen LogP contribution >= 0.6 is 27.3 Å². The van der Waals surface area contributed by atoms with E-state index in [9.17, 15) is 4.39 Å². The fourth-order valence-electron chi connectivity index (χ4n) is 2.46. The summed E-state index contributed by atoms with van der Waals surface area (Å²) in [6.07, 6.45) is 3.82. The normalized spacial score (nSPS) is 13.8. The molecule has 1 nitrogen and oxygen atoms in total. The van der Waals surface area contributed by atoms with Crippen LogP contribution in [-0.2, 0) is 25.9 Å². The van der Waals surface area contributed by atoms with Gasteiger partial charge >= 0.3 is 0 Å². The van der Waals surface area contributed by atoms with Crippen LogP contribution in [0.1, 0.15) is 27.3 Å². The second-order valence-electron chi connectivity index (χ2n) is 4.87. The summed E-state index contributed by atoms with van der Waals surface area (Å²) in [5.41, 5.74) is 2.64. The van der Waals surface area contributed by atoms with Gasteiger partial charge in [-0.3, -0.25) is 0 Å². The molecule has 0 spiro atoms. The average Bonchev–Trinajstić information content (AvgIpc) is 2.94.